The van der Waals surface area contributed by atoms with Crippen molar-refractivity contribution in [3.8, 4) is 0 Å². The van der Waals surface area contributed by atoms with Crippen molar-refractivity contribution in [1.82, 2.24) is 10.3 Å². The van der Waals surface area contributed by atoms with Crippen molar-refractivity contribution in [3.63, 3.8) is 0 Å². The van der Waals surface area contributed by atoms with Crippen LogP contribution in [0.1, 0.15) is 15.4 Å². The molecule has 0 saturated heterocycles. The number of amides is 1. The van der Waals surface area contributed by atoms with E-state index in [2.05, 4.69) is 26.2 Å². The van der Waals surface area contributed by atoms with Gasteiger partial charge in [0.1, 0.15) is 5.69 Å². The smallest absolute Gasteiger partial charge is 0.268 e. The molecule has 78 valence electrons. The lowest BCUT2D eigenvalue weighted by Gasteiger charge is -2.00. The molecule has 5 heteroatoms. The van der Waals surface area contributed by atoms with Gasteiger partial charge in [0.15, 0.2) is 0 Å². The lowest BCUT2D eigenvalue weighted by molar-refractivity contribution is 0.0947. The Morgan fingerprint density at radius 1 is 1.60 bits per heavy atom. The number of aromatic nitrogens is 1. The highest BCUT2D eigenvalue weighted by atomic mass is 79.9. The molecule has 0 aliphatic heterocycles. The summed E-state index contributed by atoms with van der Waals surface area (Å²) in [5, 5.41) is 4.83. The van der Waals surface area contributed by atoms with Gasteiger partial charge in [-0.25, -0.2) is 0 Å². The van der Waals surface area contributed by atoms with Crippen LogP contribution in [-0.4, -0.2) is 10.9 Å². The van der Waals surface area contributed by atoms with E-state index < -0.39 is 0 Å². The number of hydrogen-bond donors (Lipinski definition) is 2. The van der Waals surface area contributed by atoms with Crippen LogP contribution in [0.4, 0.5) is 0 Å². The lowest BCUT2D eigenvalue weighted by atomic mass is 10.4. The molecule has 0 aliphatic carbocycles. The Kier molecular flexibility index (Phi) is 3.23. The quantitative estimate of drug-likeness (QED) is 0.895. The SMILES string of the molecule is O=C(NCc1cccs1)c1cc(Br)c[nH]1. The first-order valence-corrected chi connectivity index (χ1v) is 6.07. The molecular formula is C10H9BrN2OS. The Bertz CT molecular complexity index is 450. The summed E-state index contributed by atoms with van der Waals surface area (Å²) in [5.41, 5.74) is 0.568. The van der Waals surface area contributed by atoms with Crippen LogP contribution in [-0.2, 0) is 6.54 Å². The van der Waals surface area contributed by atoms with Crippen LogP contribution in [0.15, 0.2) is 34.2 Å². The molecule has 0 aromatic carbocycles. The number of rotatable bonds is 3. The zero-order valence-electron chi connectivity index (χ0n) is 7.79. The average molecular weight is 285 g/mol. The molecule has 0 radical (unpaired) electrons. The maximum absolute atomic E-state index is 11.6. The topological polar surface area (TPSA) is 44.9 Å². The van der Waals surface area contributed by atoms with Crippen LogP contribution in [0, 0.1) is 0 Å². The summed E-state index contributed by atoms with van der Waals surface area (Å²) in [6, 6.07) is 5.72. The highest BCUT2D eigenvalue weighted by molar-refractivity contribution is 9.10. The molecular weight excluding hydrogens is 276 g/mol. The van der Waals surface area contributed by atoms with E-state index in [0.717, 1.165) is 9.35 Å². The Morgan fingerprint density at radius 2 is 2.47 bits per heavy atom. The molecule has 0 bridgehead atoms. The van der Waals surface area contributed by atoms with Crippen molar-refractivity contribution in [3.05, 3.63) is 44.8 Å². The van der Waals surface area contributed by atoms with Gasteiger partial charge in [0, 0.05) is 15.5 Å². The van der Waals surface area contributed by atoms with Gasteiger partial charge >= 0.3 is 0 Å². The van der Waals surface area contributed by atoms with Crippen LogP contribution in [0.25, 0.3) is 0 Å². The third kappa shape index (κ3) is 2.70. The number of aromatic amines is 1. The largest absolute Gasteiger partial charge is 0.356 e. The minimum Gasteiger partial charge on any atom is -0.356 e. The molecule has 3 nitrogen and oxygen atoms in total. The first-order chi connectivity index (χ1) is 7.25. The van der Waals surface area contributed by atoms with E-state index in [0.29, 0.717) is 12.2 Å². The molecule has 2 rings (SSSR count). The molecule has 0 spiro atoms. The van der Waals surface area contributed by atoms with Crippen LogP contribution in [0.3, 0.4) is 0 Å². The van der Waals surface area contributed by atoms with Gasteiger partial charge in [-0.2, -0.15) is 0 Å². The van der Waals surface area contributed by atoms with Gasteiger partial charge in [-0.05, 0) is 33.4 Å². The number of carbonyl (C=O) groups excluding carboxylic acids is 1. The summed E-state index contributed by atoms with van der Waals surface area (Å²) in [6.07, 6.45) is 1.74. The average Bonchev–Trinajstić information content (AvgIpc) is 2.84. The summed E-state index contributed by atoms with van der Waals surface area (Å²) < 4.78 is 0.878. The molecule has 0 aliphatic rings. The number of thiophene rings is 1. The van der Waals surface area contributed by atoms with E-state index in [1.54, 1.807) is 23.6 Å². The normalized spacial score (nSPS) is 10.2. The molecule has 2 N–H and O–H groups in total. The number of carbonyl (C=O) groups is 1. The highest BCUT2D eigenvalue weighted by Crippen LogP contribution is 2.11. The van der Waals surface area contributed by atoms with E-state index in [1.807, 2.05) is 17.5 Å². The molecule has 2 heterocycles. The maximum Gasteiger partial charge on any atom is 0.268 e. The van der Waals surface area contributed by atoms with Gasteiger partial charge < -0.3 is 10.3 Å². The fourth-order valence-electron chi connectivity index (χ4n) is 1.17. The Hall–Kier alpha value is -1.07. The zero-order chi connectivity index (χ0) is 10.7. The van der Waals surface area contributed by atoms with Gasteiger partial charge in [0.2, 0.25) is 0 Å². The number of hydrogen-bond acceptors (Lipinski definition) is 2. The predicted octanol–water partition coefficient (Wildman–Crippen LogP) is 2.77. The van der Waals surface area contributed by atoms with E-state index in [-0.39, 0.29) is 5.91 Å². The fourth-order valence-corrected chi connectivity index (χ4v) is 2.16. The van der Waals surface area contributed by atoms with Gasteiger partial charge in [-0.1, -0.05) is 6.07 Å². The van der Waals surface area contributed by atoms with E-state index >= 15 is 0 Å². The third-order valence-electron chi connectivity index (χ3n) is 1.90. The Balaban J connectivity index is 1.93. The van der Waals surface area contributed by atoms with Crippen molar-refractivity contribution in [2.45, 2.75) is 6.54 Å². The van der Waals surface area contributed by atoms with Gasteiger partial charge in [0.25, 0.3) is 5.91 Å². The lowest BCUT2D eigenvalue weighted by Crippen LogP contribution is -2.22. The summed E-state index contributed by atoms with van der Waals surface area (Å²) >= 11 is 4.91. The number of nitrogens with one attached hydrogen (secondary N) is 2. The molecule has 0 atom stereocenters. The molecule has 0 saturated carbocycles. The summed E-state index contributed by atoms with van der Waals surface area (Å²) in [4.78, 5) is 15.6. The van der Waals surface area contributed by atoms with Gasteiger partial charge in [-0.15, -0.1) is 11.3 Å². The Morgan fingerprint density at radius 3 is 3.07 bits per heavy atom. The van der Waals surface area contributed by atoms with Crippen molar-refractivity contribution in [1.29, 1.82) is 0 Å². The highest BCUT2D eigenvalue weighted by Gasteiger charge is 2.07. The second-order valence-corrected chi connectivity index (χ2v) is 4.94. The number of halogens is 1. The van der Waals surface area contributed by atoms with Gasteiger partial charge in [-0.3, -0.25) is 4.79 Å². The van der Waals surface area contributed by atoms with Crippen LogP contribution in [0.2, 0.25) is 0 Å². The predicted molar refractivity (Wildman–Crippen MR) is 64.0 cm³/mol. The molecule has 2 aromatic heterocycles. The van der Waals surface area contributed by atoms with Crippen LogP contribution < -0.4 is 5.32 Å². The fraction of sp³-hybridized carbons (Fsp3) is 0.100. The van der Waals surface area contributed by atoms with Gasteiger partial charge in [0.05, 0.1) is 6.54 Å². The zero-order valence-corrected chi connectivity index (χ0v) is 10.2. The molecule has 0 fully saturated rings. The molecule has 0 unspecified atom stereocenters. The standard InChI is InChI=1S/C10H9BrN2OS/c11-7-4-9(12-5-7)10(14)13-6-8-2-1-3-15-8/h1-5,12H,6H2,(H,13,14). The Labute approximate surface area is 99.6 Å². The van der Waals surface area contributed by atoms with Crippen molar-refractivity contribution in [2.24, 2.45) is 0 Å². The first kappa shape index (κ1) is 10.4. The summed E-state index contributed by atoms with van der Waals surface area (Å²) in [7, 11) is 0. The van der Waals surface area contributed by atoms with E-state index in [1.165, 1.54) is 0 Å². The second-order valence-electron chi connectivity index (χ2n) is 2.99. The minimum atomic E-state index is -0.0888. The van der Waals surface area contributed by atoms with Crippen LogP contribution in [0.5, 0.6) is 0 Å². The van der Waals surface area contributed by atoms with Crippen LogP contribution >= 0.6 is 27.3 Å². The third-order valence-corrected chi connectivity index (χ3v) is 3.23. The molecule has 15 heavy (non-hydrogen) atoms. The first-order valence-electron chi connectivity index (χ1n) is 4.40. The van der Waals surface area contributed by atoms with E-state index in [9.17, 15) is 4.79 Å². The second kappa shape index (κ2) is 4.63. The minimum absolute atomic E-state index is 0.0888. The maximum atomic E-state index is 11.6. The monoisotopic (exact) mass is 284 g/mol. The number of H-pyrrole nitrogens is 1. The molecule has 1 amide bonds. The summed E-state index contributed by atoms with van der Waals surface area (Å²) in [5.74, 6) is -0.0888. The summed E-state index contributed by atoms with van der Waals surface area (Å²) in [6.45, 7) is 0.577. The van der Waals surface area contributed by atoms with Crippen molar-refractivity contribution in [2.75, 3.05) is 0 Å². The molecule has 2 aromatic rings. The van der Waals surface area contributed by atoms with E-state index in [4.69, 9.17) is 0 Å². The van der Waals surface area contributed by atoms with Crippen molar-refractivity contribution < 1.29 is 4.79 Å². The van der Waals surface area contributed by atoms with Crippen molar-refractivity contribution >= 4 is 33.2 Å².